The molecule has 31 heavy (non-hydrogen) atoms. The number of amides is 1. The largest absolute Gasteiger partial charge is 0.379 e. The van der Waals surface area contributed by atoms with Crippen LogP contribution in [0.1, 0.15) is 50.5 Å². The van der Waals surface area contributed by atoms with Crippen molar-refractivity contribution >= 4 is 5.91 Å². The summed E-state index contributed by atoms with van der Waals surface area (Å²) in [7, 11) is 0. The highest BCUT2D eigenvalue weighted by Crippen LogP contribution is 2.33. The highest BCUT2D eigenvalue weighted by Gasteiger charge is 2.30. The molecule has 168 valence electrons. The van der Waals surface area contributed by atoms with Gasteiger partial charge < -0.3 is 9.64 Å². The Morgan fingerprint density at radius 3 is 2.77 bits per heavy atom. The summed E-state index contributed by atoms with van der Waals surface area (Å²) in [5.41, 5.74) is 3.12. The monoisotopic (exact) mass is 426 g/mol. The zero-order valence-corrected chi connectivity index (χ0v) is 18.7. The predicted molar refractivity (Wildman–Crippen MR) is 119 cm³/mol. The van der Waals surface area contributed by atoms with Gasteiger partial charge in [-0.15, -0.1) is 0 Å². The van der Waals surface area contributed by atoms with Gasteiger partial charge in [-0.2, -0.15) is 5.10 Å². The minimum atomic E-state index is 0.0235. The fraction of sp³-hybridized carbons (Fsp3) is 0.652. The number of nitrogens with zero attached hydrogens (tertiary/aromatic N) is 5. The van der Waals surface area contributed by atoms with E-state index in [0.29, 0.717) is 5.92 Å². The van der Waals surface area contributed by atoms with Crippen molar-refractivity contribution < 1.29 is 9.53 Å². The SMILES string of the molecule is CCCc1nccc(-c2cn[nH]c2C2CCN(C(=O)[C@@H](C)CN3CCOCC3)CC2)n1. The Hall–Kier alpha value is -2.32. The summed E-state index contributed by atoms with van der Waals surface area (Å²) in [4.78, 5) is 26.5. The van der Waals surface area contributed by atoms with E-state index in [-0.39, 0.29) is 11.8 Å². The van der Waals surface area contributed by atoms with E-state index in [1.165, 1.54) is 0 Å². The Kier molecular flexibility index (Phi) is 7.29. The number of aromatic nitrogens is 4. The van der Waals surface area contributed by atoms with Gasteiger partial charge in [0, 0.05) is 68.4 Å². The zero-order valence-electron chi connectivity index (χ0n) is 18.7. The molecule has 2 aliphatic rings. The maximum Gasteiger partial charge on any atom is 0.226 e. The number of piperidine rings is 1. The number of likely N-dealkylation sites (tertiary alicyclic amines) is 1. The van der Waals surface area contributed by atoms with Crippen molar-refractivity contribution in [3.8, 4) is 11.3 Å². The van der Waals surface area contributed by atoms with Crippen molar-refractivity contribution in [2.75, 3.05) is 45.9 Å². The topological polar surface area (TPSA) is 87.2 Å². The van der Waals surface area contributed by atoms with Gasteiger partial charge >= 0.3 is 0 Å². The van der Waals surface area contributed by atoms with Crippen molar-refractivity contribution in [3.63, 3.8) is 0 Å². The van der Waals surface area contributed by atoms with Crippen LogP contribution in [-0.2, 0) is 16.0 Å². The third-order valence-corrected chi connectivity index (χ3v) is 6.40. The first-order valence-electron chi connectivity index (χ1n) is 11.6. The number of ether oxygens (including phenoxy) is 1. The molecule has 0 bridgehead atoms. The van der Waals surface area contributed by atoms with Crippen LogP contribution in [0.5, 0.6) is 0 Å². The van der Waals surface area contributed by atoms with Gasteiger partial charge in [0.15, 0.2) is 0 Å². The lowest BCUT2D eigenvalue weighted by atomic mass is 9.90. The number of H-pyrrole nitrogens is 1. The van der Waals surface area contributed by atoms with Crippen LogP contribution in [-0.4, -0.2) is 81.8 Å². The molecule has 2 saturated heterocycles. The van der Waals surface area contributed by atoms with Gasteiger partial charge in [-0.1, -0.05) is 13.8 Å². The van der Waals surface area contributed by atoms with Crippen LogP contribution in [0.3, 0.4) is 0 Å². The molecule has 4 heterocycles. The number of rotatable bonds is 7. The number of carbonyl (C=O) groups is 1. The standard InChI is InChI=1S/C23H34N6O2/c1-3-4-21-24-8-5-20(26-21)19-15-25-27-22(19)18-6-9-29(10-7-18)23(30)17(2)16-28-11-13-31-14-12-28/h5,8,15,17-18H,3-4,6-7,9-14,16H2,1-2H3,(H,25,27)/t17-/m0/s1. The number of morpholine rings is 1. The van der Waals surface area contributed by atoms with Crippen LogP contribution in [0, 0.1) is 5.92 Å². The summed E-state index contributed by atoms with van der Waals surface area (Å²) < 4.78 is 5.41. The Bertz CT molecular complexity index is 855. The number of hydrogen-bond acceptors (Lipinski definition) is 6. The minimum absolute atomic E-state index is 0.0235. The number of nitrogens with one attached hydrogen (secondary N) is 1. The quantitative estimate of drug-likeness (QED) is 0.732. The minimum Gasteiger partial charge on any atom is -0.379 e. The average molecular weight is 427 g/mol. The molecule has 2 aliphatic heterocycles. The van der Waals surface area contributed by atoms with E-state index in [9.17, 15) is 4.79 Å². The van der Waals surface area contributed by atoms with Crippen molar-refractivity contribution in [2.45, 2.75) is 45.4 Å². The first kappa shape index (κ1) is 21.9. The molecular weight excluding hydrogens is 392 g/mol. The zero-order chi connectivity index (χ0) is 21.6. The molecule has 4 rings (SSSR count). The third kappa shape index (κ3) is 5.30. The van der Waals surface area contributed by atoms with E-state index in [0.717, 1.165) is 94.4 Å². The number of aromatic amines is 1. The van der Waals surface area contributed by atoms with E-state index < -0.39 is 0 Å². The molecule has 0 spiro atoms. The molecule has 1 amide bonds. The molecule has 0 aliphatic carbocycles. The highest BCUT2D eigenvalue weighted by atomic mass is 16.5. The summed E-state index contributed by atoms with van der Waals surface area (Å²) >= 11 is 0. The second-order valence-electron chi connectivity index (χ2n) is 8.72. The van der Waals surface area contributed by atoms with Crippen molar-refractivity contribution in [1.29, 1.82) is 0 Å². The maximum atomic E-state index is 13.0. The molecule has 0 radical (unpaired) electrons. The Morgan fingerprint density at radius 2 is 2.03 bits per heavy atom. The molecule has 8 heteroatoms. The van der Waals surface area contributed by atoms with Crippen LogP contribution in [0.2, 0.25) is 0 Å². The molecule has 0 saturated carbocycles. The second-order valence-corrected chi connectivity index (χ2v) is 8.72. The number of carbonyl (C=O) groups excluding carboxylic acids is 1. The van der Waals surface area contributed by atoms with Crippen LogP contribution >= 0.6 is 0 Å². The van der Waals surface area contributed by atoms with Gasteiger partial charge in [-0.05, 0) is 25.3 Å². The van der Waals surface area contributed by atoms with Gasteiger partial charge in [-0.3, -0.25) is 14.8 Å². The van der Waals surface area contributed by atoms with Crippen LogP contribution in [0.15, 0.2) is 18.5 Å². The molecule has 2 aromatic rings. The number of aryl methyl sites for hydroxylation is 1. The molecule has 2 fully saturated rings. The molecule has 0 unspecified atom stereocenters. The lowest BCUT2D eigenvalue weighted by Crippen LogP contribution is -2.46. The molecule has 8 nitrogen and oxygen atoms in total. The van der Waals surface area contributed by atoms with Gasteiger partial charge in [-0.25, -0.2) is 9.97 Å². The van der Waals surface area contributed by atoms with E-state index in [1.54, 1.807) is 0 Å². The molecule has 1 atom stereocenters. The van der Waals surface area contributed by atoms with Crippen molar-refractivity contribution in [2.24, 2.45) is 5.92 Å². The summed E-state index contributed by atoms with van der Waals surface area (Å²) in [5, 5.41) is 7.53. The summed E-state index contributed by atoms with van der Waals surface area (Å²) in [6.45, 7) is 9.98. The Balaban J connectivity index is 1.36. The maximum absolute atomic E-state index is 13.0. The molecule has 2 aromatic heterocycles. The first-order valence-corrected chi connectivity index (χ1v) is 11.6. The second kappa shape index (κ2) is 10.3. The molecule has 0 aromatic carbocycles. The van der Waals surface area contributed by atoms with E-state index in [4.69, 9.17) is 9.72 Å². The van der Waals surface area contributed by atoms with Crippen LogP contribution in [0.25, 0.3) is 11.3 Å². The first-order chi connectivity index (χ1) is 15.2. The third-order valence-electron chi connectivity index (χ3n) is 6.40. The lowest BCUT2D eigenvalue weighted by molar-refractivity contribution is -0.137. The van der Waals surface area contributed by atoms with E-state index in [1.807, 2.05) is 23.4 Å². The van der Waals surface area contributed by atoms with Crippen LogP contribution in [0.4, 0.5) is 0 Å². The van der Waals surface area contributed by atoms with Crippen molar-refractivity contribution in [3.05, 3.63) is 30.0 Å². The highest BCUT2D eigenvalue weighted by molar-refractivity contribution is 5.78. The summed E-state index contributed by atoms with van der Waals surface area (Å²) in [6.07, 6.45) is 7.50. The van der Waals surface area contributed by atoms with E-state index in [2.05, 4.69) is 33.9 Å². The predicted octanol–water partition coefficient (Wildman–Crippen LogP) is 2.49. The molecule has 1 N–H and O–H groups in total. The van der Waals surface area contributed by atoms with Crippen LogP contribution < -0.4 is 0 Å². The smallest absolute Gasteiger partial charge is 0.226 e. The lowest BCUT2D eigenvalue weighted by Gasteiger charge is -2.35. The number of hydrogen-bond donors (Lipinski definition) is 1. The Labute approximate surface area is 184 Å². The Morgan fingerprint density at radius 1 is 1.26 bits per heavy atom. The average Bonchev–Trinajstić information content (AvgIpc) is 3.30. The van der Waals surface area contributed by atoms with Gasteiger partial charge in [0.2, 0.25) is 5.91 Å². The van der Waals surface area contributed by atoms with Gasteiger partial charge in [0.1, 0.15) is 5.82 Å². The normalized spacial score (nSPS) is 19.5. The van der Waals surface area contributed by atoms with Gasteiger partial charge in [0.25, 0.3) is 0 Å². The fourth-order valence-electron chi connectivity index (χ4n) is 4.65. The summed E-state index contributed by atoms with van der Waals surface area (Å²) in [5.74, 6) is 1.53. The fourth-order valence-corrected chi connectivity index (χ4v) is 4.65. The van der Waals surface area contributed by atoms with Crippen molar-refractivity contribution in [1.82, 2.24) is 30.0 Å². The van der Waals surface area contributed by atoms with E-state index >= 15 is 0 Å². The van der Waals surface area contributed by atoms with Gasteiger partial charge in [0.05, 0.1) is 25.1 Å². The molecular formula is C23H34N6O2. The summed E-state index contributed by atoms with van der Waals surface area (Å²) in [6, 6.07) is 1.96.